The Kier molecular flexibility index (Phi) is 4.93. The molecular weight excluding hydrogens is 284 g/mol. The summed E-state index contributed by atoms with van der Waals surface area (Å²) in [6.07, 6.45) is 3.63. The number of carbonyl (C=O) groups excluding carboxylic acids is 2. The highest BCUT2D eigenvalue weighted by atomic mass is 16.4. The quantitative estimate of drug-likeness (QED) is 0.721. The molecule has 116 valence electrons. The summed E-state index contributed by atoms with van der Waals surface area (Å²) in [6, 6.07) is 6.04. The average Bonchev–Trinajstić information content (AvgIpc) is 2.49. The van der Waals surface area contributed by atoms with Crippen LogP contribution >= 0.6 is 0 Å². The zero-order chi connectivity index (χ0) is 16.1. The third kappa shape index (κ3) is 3.52. The van der Waals surface area contributed by atoms with Gasteiger partial charge in [0.1, 0.15) is 6.04 Å². The first-order chi connectivity index (χ1) is 10.5. The second-order valence-corrected chi connectivity index (χ2v) is 5.10. The molecule has 0 aliphatic carbocycles. The molecule has 1 aromatic rings. The SMILES string of the molecule is C/C=C/CC(NC(=O)C1CC(=O)Nc2ccccc21)C(=O)O. The van der Waals surface area contributed by atoms with Gasteiger partial charge in [-0.15, -0.1) is 0 Å². The Bertz CT molecular complexity index is 624. The van der Waals surface area contributed by atoms with Gasteiger partial charge in [0, 0.05) is 12.1 Å². The Morgan fingerprint density at radius 2 is 2.18 bits per heavy atom. The van der Waals surface area contributed by atoms with E-state index in [1.165, 1.54) is 0 Å². The molecule has 6 heteroatoms. The molecule has 0 aromatic heterocycles. The Morgan fingerprint density at radius 1 is 1.45 bits per heavy atom. The van der Waals surface area contributed by atoms with Crippen LogP contribution in [0.25, 0.3) is 0 Å². The second-order valence-electron chi connectivity index (χ2n) is 5.10. The number of benzene rings is 1. The van der Waals surface area contributed by atoms with Crippen LogP contribution in [0, 0.1) is 0 Å². The van der Waals surface area contributed by atoms with Crippen LogP contribution in [0.4, 0.5) is 5.69 Å². The number of carbonyl (C=O) groups is 3. The molecule has 0 saturated carbocycles. The molecule has 0 bridgehead atoms. The fourth-order valence-electron chi connectivity index (χ4n) is 2.41. The number of allylic oxidation sites excluding steroid dienone is 1. The van der Waals surface area contributed by atoms with E-state index in [4.69, 9.17) is 5.11 Å². The molecule has 2 atom stereocenters. The van der Waals surface area contributed by atoms with Gasteiger partial charge in [0.2, 0.25) is 11.8 Å². The van der Waals surface area contributed by atoms with Crippen molar-refractivity contribution in [1.82, 2.24) is 5.32 Å². The van der Waals surface area contributed by atoms with E-state index in [0.717, 1.165) is 0 Å². The predicted octanol–water partition coefficient (Wildman–Crippen LogP) is 1.65. The molecule has 22 heavy (non-hydrogen) atoms. The maximum absolute atomic E-state index is 12.4. The van der Waals surface area contributed by atoms with Crippen molar-refractivity contribution in [1.29, 1.82) is 0 Å². The summed E-state index contributed by atoms with van der Waals surface area (Å²) in [5, 5.41) is 14.4. The molecule has 1 aliphatic heterocycles. The van der Waals surface area contributed by atoms with Crippen LogP contribution in [0.15, 0.2) is 36.4 Å². The molecule has 6 nitrogen and oxygen atoms in total. The number of hydrogen-bond acceptors (Lipinski definition) is 3. The molecular formula is C16H18N2O4. The lowest BCUT2D eigenvalue weighted by Gasteiger charge is -2.26. The number of anilines is 1. The van der Waals surface area contributed by atoms with Crippen LogP contribution in [0.5, 0.6) is 0 Å². The minimum atomic E-state index is -1.10. The van der Waals surface area contributed by atoms with Gasteiger partial charge in [-0.05, 0) is 25.0 Å². The van der Waals surface area contributed by atoms with E-state index in [-0.39, 0.29) is 18.7 Å². The number of para-hydroxylation sites is 1. The van der Waals surface area contributed by atoms with Gasteiger partial charge in [0.25, 0.3) is 0 Å². The smallest absolute Gasteiger partial charge is 0.326 e. The minimum Gasteiger partial charge on any atom is -0.480 e. The number of fused-ring (bicyclic) bond motifs is 1. The Morgan fingerprint density at radius 3 is 2.86 bits per heavy atom. The van der Waals surface area contributed by atoms with Gasteiger partial charge in [-0.25, -0.2) is 4.79 Å². The third-order valence-electron chi connectivity index (χ3n) is 3.54. The molecule has 0 saturated heterocycles. The van der Waals surface area contributed by atoms with E-state index in [1.54, 1.807) is 43.3 Å². The highest BCUT2D eigenvalue weighted by Crippen LogP contribution is 2.32. The van der Waals surface area contributed by atoms with E-state index in [2.05, 4.69) is 10.6 Å². The number of amides is 2. The van der Waals surface area contributed by atoms with E-state index < -0.39 is 23.8 Å². The summed E-state index contributed by atoms with van der Waals surface area (Å²) in [6.45, 7) is 1.78. The van der Waals surface area contributed by atoms with Gasteiger partial charge < -0.3 is 15.7 Å². The molecule has 0 spiro atoms. The van der Waals surface area contributed by atoms with E-state index in [9.17, 15) is 14.4 Å². The lowest BCUT2D eigenvalue weighted by atomic mass is 9.89. The van der Waals surface area contributed by atoms with Crippen molar-refractivity contribution in [3.05, 3.63) is 42.0 Å². The van der Waals surface area contributed by atoms with Crippen LogP contribution < -0.4 is 10.6 Å². The van der Waals surface area contributed by atoms with E-state index in [1.807, 2.05) is 0 Å². The highest BCUT2D eigenvalue weighted by Gasteiger charge is 2.32. The molecule has 2 unspecified atom stereocenters. The molecule has 0 radical (unpaired) electrons. The summed E-state index contributed by atoms with van der Waals surface area (Å²) >= 11 is 0. The molecule has 0 fully saturated rings. The fraction of sp³-hybridized carbons (Fsp3) is 0.312. The summed E-state index contributed by atoms with van der Waals surface area (Å²) in [5.41, 5.74) is 1.30. The van der Waals surface area contributed by atoms with Gasteiger partial charge in [0.15, 0.2) is 0 Å². The first-order valence-corrected chi connectivity index (χ1v) is 7.06. The van der Waals surface area contributed by atoms with Gasteiger partial charge in [0.05, 0.1) is 5.92 Å². The Labute approximate surface area is 128 Å². The van der Waals surface area contributed by atoms with Crippen molar-refractivity contribution < 1.29 is 19.5 Å². The average molecular weight is 302 g/mol. The largest absolute Gasteiger partial charge is 0.480 e. The standard InChI is InChI=1S/C16H18N2O4/c1-2-3-7-13(16(21)22)18-15(20)11-9-14(19)17-12-8-5-4-6-10(11)12/h2-6,8,11,13H,7,9H2,1H3,(H,17,19)(H,18,20)(H,21,22)/b3-2+. The van der Waals surface area contributed by atoms with Crippen molar-refractivity contribution in [3.63, 3.8) is 0 Å². The maximum atomic E-state index is 12.4. The normalized spacial score (nSPS) is 18.4. The van der Waals surface area contributed by atoms with Crippen LogP contribution in [-0.4, -0.2) is 28.9 Å². The van der Waals surface area contributed by atoms with Crippen molar-refractivity contribution in [2.24, 2.45) is 0 Å². The summed E-state index contributed by atoms with van der Waals surface area (Å²) in [7, 11) is 0. The minimum absolute atomic E-state index is 0.0127. The van der Waals surface area contributed by atoms with Crippen molar-refractivity contribution in [2.75, 3.05) is 5.32 Å². The number of hydrogen-bond donors (Lipinski definition) is 3. The lowest BCUT2D eigenvalue weighted by molar-refractivity contribution is -0.142. The Balaban J connectivity index is 2.18. The monoisotopic (exact) mass is 302 g/mol. The highest BCUT2D eigenvalue weighted by molar-refractivity contribution is 6.01. The summed E-state index contributed by atoms with van der Waals surface area (Å²) < 4.78 is 0. The number of nitrogens with one attached hydrogen (secondary N) is 2. The first-order valence-electron chi connectivity index (χ1n) is 7.06. The first kappa shape index (κ1) is 15.8. The van der Waals surface area contributed by atoms with Crippen LogP contribution in [-0.2, 0) is 14.4 Å². The number of rotatable bonds is 5. The topological polar surface area (TPSA) is 95.5 Å². The summed E-state index contributed by atoms with van der Waals surface area (Å²) in [4.78, 5) is 35.3. The van der Waals surface area contributed by atoms with Gasteiger partial charge in [-0.1, -0.05) is 30.4 Å². The predicted molar refractivity (Wildman–Crippen MR) is 81.4 cm³/mol. The third-order valence-corrected chi connectivity index (χ3v) is 3.54. The van der Waals surface area contributed by atoms with E-state index in [0.29, 0.717) is 11.3 Å². The zero-order valence-corrected chi connectivity index (χ0v) is 12.2. The van der Waals surface area contributed by atoms with Gasteiger partial charge in [-0.2, -0.15) is 0 Å². The van der Waals surface area contributed by atoms with Crippen LogP contribution in [0.3, 0.4) is 0 Å². The maximum Gasteiger partial charge on any atom is 0.326 e. The van der Waals surface area contributed by atoms with Gasteiger partial charge in [-0.3, -0.25) is 9.59 Å². The van der Waals surface area contributed by atoms with Crippen molar-refractivity contribution >= 4 is 23.5 Å². The van der Waals surface area contributed by atoms with Gasteiger partial charge >= 0.3 is 5.97 Å². The molecule has 1 aromatic carbocycles. The lowest BCUT2D eigenvalue weighted by Crippen LogP contribution is -2.44. The van der Waals surface area contributed by atoms with Crippen LogP contribution in [0.1, 0.15) is 31.2 Å². The fourth-order valence-corrected chi connectivity index (χ4v) is 2.41. The molecule has 1 heterocycles. The molecule has 1 aliphatic rings. The Hall–Kier alpha value is -2.63. The molecule has 2 amide bonds. The number of aliphatic carboxylic acids is 1. The van der Waals surface area contributed by atoms with E-state index >= 15 is 0 Å². The van der Waals surface area contributed by atoms with Crippen molar-refractivity contribution in [3.8, 4) is 0 Å². The second kappa shape index (κ2) is 6.89. The number of carboxylic acid groups (broad SMARTS) is 1. The zero-order valence-electron chi connectivity index (χ0n) is 12.2. The number of carboxylic acids is 1. The molecule has 2 rings (SSSR count). The summed E-state index contributed by atoms with van der Waals surface area (Å²) in [5.74, 6) is -2.46. The van der Waals surface area contributed by atoms with Crippen LogP contribution in [0.2, 0.25) is 0 Å². The molecule has 3 N–H and O–H groups in total. The van der Waals surface area contributed by atoms with Crippen molar-refractivity contribution in [2.45, 2.75) is 31.7 Å².